The summed E-state index contributed by atoms with van der Waals surface area (Å²) in [4.78, 5) is 13.2. The number of ether oxygens (including phenoxy) is 2. The van der Waals surface area contributed by atoms with Gasteiger partial charge >= 0.3 is 5.97 Å². The summed E-state index contributed by atoms with van der Waals surface area (Å²) in [6.45, 7) is 0. The fourth-order valence-electron chi connectivity index (χ4n) is 4.71. The van der Waals surface area contributed by atoms with Crippen LogP contribution < -0.4 is 4.74 Å². The first-order chi connectivity index (χ1) is 14.9. The van der Waals surface area contributed by atoms with Crippen LogP contribution in [0.15, 0.2) is 60.7 Å². The van der Waals surface area contributed by atoms with Gasteiger partial charge in [0.2, 0.25) is 5.60 Å². The molecule has 0 atom stereocenters. The largest absolute Gasteiger partial charge is 0.508 e. The Kier molecular flexibility index (Phi) is 3.16. The number of phenolic OH excluding ortho intramolecular Hbond substituents is 4. The minimum atomic E-state index is -1.77. The van der Waals surface area contributed by atoms with Crippen molar-refractivity contribution in [2.75, 3.05) is 0 Å². The predicted molar refractivity (Wildman–Crippen MR) is 109 cm³/mol. The number of rotatable bonds is 0. The lowest BCUT2D eigenvalue weighted by molar-refractivity contribution is 0.00810. The number of carbonyl (C=O) groups excluding carboxylic acids is 1. The highest BCUT2D eigenvalue weighted by Crippen LogP contribution is 2.61. The maximum absolute atomic E-state index is 13.2. The van der Waals surface area contributed by atoms with E-state index < -0.39 is 11.6 Å². The zero-order chi connectivity index (χ0) is 21.5. The Labute approximate surface area is 175 Å². The highest BCUT2D eigenvalue weighted by Gasteiger charge is 2.54. The average Bonchev–Trinajstić information content (AvgIpc) is 2.70. The first-order valence-electron chi connectivity index (χ1n) is 9.46. The van der Waals surface area contributed by atoms with Gasteiger partial charge in [-0.1, -0.05) is 30.3 Å². The maximum Gasteiger partial charge on any atom is 0.340 e. The van der Waals surface area contributed by atoms with Gasteiger partial charge in [-0.25, -0.2) is 4.79 Å². The second-order valence-electron chi connectivity index (χ2n) is 7.56. The lowest BCUT2D eigenvalue weighted by atomic mass is 9.73. The quantitative estimate of drug-likeness (QED) is 0.318. The summed E-state index contributed by atoms with van der Waals surface area (Å²) in [5.74, 6) is -1.88. The lowest BCUT2D eigenvalue weighted by Gasteiger charge is -2.43. The molecule has 0 saturated heterocycles. The molecular formula is C24H14O7. The van der Waals surface area contributed by atoms with Gasteiger partial charge in [-0.3, -0.25) is 0 Å². The second kappa shape index (κ2) is 5.60. The zero-order valence-electron chi connectivity index (χ0n) is 15.8. The Morgan fingerprint density at radius 2 is 1.32 bits per heavy atom. The van der Waals surface area contributed by atoms with Crippen LogP contribution in [0.1, 0.15) is 27.0 Å². The van der Waals surface area contributed by atoms with Crippen LogP contribution in [0.4, 0.5) is 0 Å². The molecular weight excluding hydrogens is 400 g/mol. The molecule has 6 rings (SSSR count). The van der Waals surface area contributed by atoms with E-state index >= 15 is 0 Å². The van der Waals surface area contributed by atoms with Gasteiger partial charge in [0, 0.05) is 35.2 Å². The van der Waals surface area contributed by atoms with Crippen LogP contribution in [0, 0.1) is 0 Å². The smallest absolute Gasteiger partial charge is 0.340 e. The number of hydrogen-bond donors (Lipinski definition) is 4. The van der Waals surface area contributed by atoms with Crippen LogP contribution in [0.25, 0.3) is 10.8 Å². The number of aromatic hydroxyl groups is 4. The van der Waals surface area contributed by atoms with Gasteiger partial charge in [0.15, 0.2) is 0 Å². The summed E-state index contributed by atoms with van der Waals surface area (Å²) >= 11 is 0. The molecule has 0 unspecified atom stereocenters. The molecule has 0 fully saturated rings. The first-order valence-corrected chi connectivity index (χ1v) is 9.46. The van der Waals surface area contributed by atoms with Gasteiger partial charge < -0.3 is 29.9 Å². The maximum atomic E-state index is 13.2. The van der Waals surface area contributed by atoms with Crippen molar-refractivity contribution in [2.24, 2.45) is 0 Å². The molecule has 4 aromatic rings. The molecule has 0 radical (unpaired) electrons. The Balaban J connectivity index is 1.86. The Bertz CT molecular complexity index is 1390. The third-order valence-corrected chi connectivity index (χ3v) is 5.81. The number of phenols is 4. The fourth-order valence-corrected chi connectivity index (χ4v) is 4.71. The molecule has 1 spiro atoms. The van der Waals surface area contributed by atoms with Crippen LogP contribution in [-0.4, -0.2) is 26.4 Å². The molecule has 2 heterocycles. The van der Waals surface area contributed by atoms with Crippen molar-refractivity contribution in [3.63, 3.8) is 0 Å². The topological polar surface area (TPSA) is 116 Å². The van der Waals surface area contributed by atoms with Crippen molar-refractivity contribution >= 4 is 16.7 Å². The van der Waals surface area contributed by atoms with E-state index in [1.165, 1.54) is 12.1 Å². The van der Waals surface area contributed by atoms with Crippen LogP contribution in [-0.2, 0) is 10.3 Å². The Morgan fingerprint density at radius 3 is 1.94 bits per heavy atom. The number of hydrogen-bond acceptors (Lipinski definition) is 7. The van der Waals surface area contributed by atoms with Gasteiger partial charge in [-0.15, -0.1) is 0 Å². The number of benzene rings is 4. The summed E-state index contributed by atoms with van der Waals surface area (Å²) < 4.78 is 11.8. The second-order valence-corrected chi connectivity index (χ2v) is 7.56. The molecule has 0 aliphatic carbocycles. The van der Waals surface area contributed by atoms with Crippen LogP contribution in [0.5, 0.6) is 34.5 Å². The fraction of sp³-hybridized carbons (Fsp3) is 0.0417. The number of carbonyl (C=O) groups is 1. The normalized spacial score (nSPS) is 15.2. The molecule has 2 aliphatic rings. The van der Waals surface area contributed by atoms with Crippen molar-refractivity contribution in [1.29, 1.82) is 0 Å². The summed E-state index contributed by atoms with van der Waals surface area (Å²) in [6.07, 6.45) is 0. The third kappa shape index (κ3) is 2.09. The van der Waals surface area contributed by atoms with E-state index in [9.17, 15) is 25.2 Å². The van der Waals surface area contributed by atoms with Crippen molar-refractivity contribution in [3.8, 4) is 34.5 Å². The molecule has 31 heavy (non-hydrogen) atoms. The van der Waals surface area contributed by atoms with Gasteiger partial charge in [0.05, 0.1) is 16.7 Å². The van der Waals surface area contributed by atoms with Gasteiger partial charge in [0.25, 0.3) is 0 Å². The SMILES string of the molecule is O=C1OC2(c3c(O)cc(O)cc3Oc3cc(O)cc(O)c32)c2cccc3cccc1c23. The molecule has 0 bridgehead atoms. The van der Waals surface area contributed by atoms with Crippen molar-refractivity contribution < 1.29 is 34.7 Å². The summed E-state index contributed by atoms with van der Waals surface area (Å²) in [7, 11) is 0. The van der Waals surface area contributed by atoms with E-state index in [0.29, 0.717) is 16.5 Å². The molecule has 0 amide bonds. The number of esters is 1. The van der Waals surface area contributed by atoms with Crippen molar-refractivity contribution in [1.82, 2.24) is 0 Å². The van der Waals surface area contributed by atoms with Crippen LogP contribution in [0.3, 0.4) is 0 Å². The molecule has 4 aromatic carbocycles. The average molecular weight is 414 g/mol. The molecule has 0 saturated carbocycles. The first kappa shape index (κ1) is 17.5. The highest BCUT2D eigenvalue weighted by molar-refractivity contribution is 6.09. The minimum absolute atomic E-state index is 0.0270. The van der Waals surface area contributed by atoms with E-state index in [4.69, 9.17) is 9.47 Å². The van der Waals surface area contributed by atoms with E-state index in [1.54, 1.807) is 24.3 Å². The molecule has 2 aliphatic heterocycles. The van der Waals surface area contributed by atoms with Gasteiger partial charge in [-0.05, 0) is 11.5 Å². The predicted octanol–water partition coefficient (Wildman–Crippen LogP) is 4.23. The van der Waals surface area contributed by atoms with E-state index in [-0.39, 0.29) is 45.6 Å². The zero-order valence-corrected chi connectivity index (χ0v) is 15.8. The van der Waals surface area contributed by atoms with Gasteiger partial charge in [0.1, 0.15) is 34.5 Å². The van der Waals surface area contributed by atoms with Crippen molar-refractivity contribution in [2.45, 2.75) is 5.60 Å². The van der Waals surface area contributed by atoms with Crippen LogP contribution in [0.2, 0.25) is 0 Å². The van der Waals surface area contributed by atoms with E-state index in [2.05, 4.69) is 0 Å². The van der Waals surface area contributed by atoms with Gasteiger partial charge in [-0.2, -0.15) is 0 Å². The van der Waals surface area contributed by atoms with Crippen molar-refractivity contribution in [3.05, 3.63) is 82.9 Å². The molecule has 152 valence electrons. The monoisotopic (exact) mass is 414 g/mol. The van der Waals surface area contributed by atoms with E-state index in [0.717, 1.165) is 17.5 Å². The molecule has 0 aromatic heterocycles. The molecule has 4 N–H and O–H groups in total. The molecule has 7 nitrogen and oxygen atoms in total. The van der Waals surface area contributed by atoms with Crippen LogP contribution >= 0.6 is 0 Å². The molecule has 7 heteroatoms. The number of fused-ring (bicyclic) bond motifs is 5. The summed E-state index contributed by atoms with van der Waals surface area (Å²) in [5.41, 5.74) is -0.787. The minimum Gasteiger partial charge on any atom is -0.508 e. The van der Waals surface area contributed by atoms with E-state index in [1.807, 2.05) is 12.1 Å². The third-order valence-electron chi connectivity index (χ3n) is 5.81. The standard InChI is InChI=1S/C24H14O7/c25-12-7-16(27)21-18(9-12)30-19-10-13(26)8-17(28)22(19)24(21)15-6-2-4-11-3-1-5-14(20(11)15)23(29)31-24/h1-10,25-28H. The Hall–Kier alpha value is -4.39. The summed E-state index contributed by atoms with van der Waals surface area (Å²) in [6, 6.07) is 15.4. The summed E-state index contributed by atoms with van der Waals surface area (Å²) in [5, 5.41) is 43.2. The lowest BCUT2D eigenvalue weighted by Crippen LogP contribution is -2.40. The Morgan fingerprint density at radius 1 is 0.742 bits per heavy atom. The highest BCUT2D eigenvalue weighted by atomic mass is 16.6.